The molecule has 1 amide bonds. The van der Waals surface area contributed by atoms with Crippen LogP contribution in [0.25, 0.3) is 0 Å². The molecule has 0 aromatic rings. The number of carbonyl (C=O) groups is 2. The van der Waals surface area contributed by atoms with E-state index >= 15 is 0 Å². The van der Waals surface area contributed by atoms with E-state index in [4.69, 9.17) is 5.11 Å². The molecule has 2 N–H and O–H groups in total. The molecule has 0 radical (unpaired) electrons. The standard InChI is InChI=1S/C12H17F3N2O3/c13-12(14,15)11(3-4-16-7-11)10(20)17-5-1-2-8(6-17)9(18)19/h8,16H,1-7H2,(H,18,19)/t8-,11?/m1/s1. The lowest BCUT2D eigenvalue weighted by molar-refractivity contribution is -0.222. The van der Waals surface area contributed by atoms with Crippen molar-refractivity contribution < 1.29 is 27.9 Å². The Bertz CT molecular complexity index is 405. The zero-order valence-electron chi connectivity index (χ0n) is 10.9. The van der Waals surface area contributed by atoms with Gasteiger partial charge in [-0.15, -0.1) is 0 Å². The molecule has 2 heterocycles. The van der Waals surface area contributed by atoms with Crippen LogP contribution in [0.4, 0.5) is 13.2 Å². The Hall–Kier alpha value is -1.31. The summed E-state index contributed by atoms with van der Waals surface area (Å²) in [6, 6.07) is 0. The number of piperidine rings is 1. The number of halogens is 3. The van der Waals surface area contributed by atoms with Gasteiger partial charge in [-0.1, -0.05) is 0 Å². The summed E-state index contributed by atoms with van der Waals surface area (Å²) >= 11 is 0. The fourth-order valence-electron chi connectivity index (χ4n) is 2.90. The van der Waals surface area contributed by atoms with Crippen LogP contribution in [0, 0.1) is 11.3 Å². The molecule has 0 saturated carbocycles. The van der Waals surface area contributed by atoms with Gasteiger partial charge in [-0.05, 0) is 25.8 Å². The maximum Gasteiger partial charge on any atom is 0.404 e. The summed E-state index contributed by atoms with van der Waals surface area (Å²) in [6.45, 7) is -0.225. The first kappa shape index (κ1) is 15.1. The highest BCUT2D eigenvalue weighted by atomic mass is 19.4. The summed E-state index contributed by atoms with van der Waals surface area (Å²) < 4.78 is 39.8. The molecular weight excluding hydrogens is 277 g/mol. The lowest BCUT2D eigenvalue weighted by Crippen LogP contribution is -2.56. The van der Waals surface area contributed by atoms with Crippen LogP contribution in [0.5, 0.6) is 0 Å². The highest BCUT2D eigenvalue weighted by Gasteiger charge is 2.62. The van der Waals surface area contributed by atoms with E-state index in [9.17, 15) is 22.8 Å². The van der Waals surface area contributed by atoms with Crippen molar-refractivity contribution >= 4 is 11.9 Å². The first-order valence-corrected chi connectivity index (χ1v) is 6.57. The molecule has 0 bridgehead atoms. The van der Waals surface area contributed by atoms with Crippen molar-refractivity contribution in [3.63, 3.8) is 0 Å². The van der Waals surface area contributed by atoms with Crippen LogP contribution in [-0.2, 0) is 9.59 Å². The first-order valence-electron chi connectivity index (χ1n) is 6.57. The summed E-state index contributed by atoms with van der Waals surface area (Å²) in [6.07, 6.45) is -4.09. The van der Waals surface area contributed by atoms with Gasteiger partial charge in [-0.3, -0.25) is 9.59 Å². The summed E-state index contributed by atoms with van der Waals surface area (Å²) in [5, 5.41) is 11.5. The van der Waals surface area contributed by atoms with E-state index in [0.29, 0.717) is 12.8 Å². The van der Waals surface area contributed by atoms with Crippen LogP contribution in [0.1, 0.15) is 19.3 Å². The minimum absolute atomic E-state index is 0.133. The van der Waals surface area contributed by atoms with E-state index in [1.807, 2.05) is 0 Å². The number of aliphatic carboxylic acids is 1. The largest absolute Gasteiger partial charge is 0.481 e. The van der Waals surface area contributed by atoms with Crippen molar-refractivity contribution in [1.29, 1.82) is 0 Å². The normalized spacial score (nSPS) is 31.4. The van der Waals surface area contributed by atoms with E-state index in [-0.39, 0.29) is 26.1 Å². The average molecular weight is 294 g/mol. The number of amides is 1. The molecule has 2 fully saturated rings. The maximum atomic E-state index is 13.3. The van der Waals surface area contributed by atoms with Gasteiger partial charge in [0.1, 0.15) is 0 Å². The fraction of sp³-hybridized carbons (Fsp3) is 0.833. The van der Waals surface area contributed by atoms with E-state index < -0.39 is 35.9 Å². The summed E-state index contributed by atoms with van der Waals surface area (Å²) in [7, 11) is 0. The maximum absolute atomic E-state index is 13.3. The minimum Gasteiger partial charge on any atom is -0.481 e. The molecule has 2 rings (SSSR count). The molecule has 114 valence electrons. The SMILES string of the molecule is O=C(O)[C@@H]1CCCN(C(=O)C2(C(F)(F)F)CCNC2)C1. The predicted molar refractivity (Wildman–Crippen MR) is 62.9 cm³/mol. The van der Waals surface area contributed by atoms with Gasteiger partial charge in [0.15, 0.2) is 5.41 Å². The quantitative estimate of drug-likeness (QED) is 0.792. The Morgan fingerprint density at radius 2 is 2.05 bits per heavy atom. The summed E-state index contributed by atoms with van der Waals surface area (Å²) in [5.74, 6) is -2.82. The zero-order chi connectivity index (χ0) is 15.0. The van der Waals surface area contributed by atoms with Crippen molar-refractivity contribution in [2.24, 2.45) is 11.3 Å². The van der Waals surface area contributed by atoms with Crippen molar-refractivity contribution in [2.75, 3.05) is 26.2 Å². The molecule has 2 aliphatic heterocycles. The molecule has 5 nitrogen and oxygen atoms in total. The number of nitrogens with one attached hydrogen (secondary N) is 1. The third-order valence-electron chi connectivity index (χ3n) is 4.17. The monoisotopic (exact) mass is 294 g/mol. The number of carbonyl (C=O) groups excluding carboxylic acids is 1. The first-order chi connectivity index (χ1) is 9.28. The van der Waals surface area contributed by atoms with Crippen LogP contribution in [0.2, 0.25) is 0 Å². The minimum atomic E-state index is -4.62. The van der Waals surface area contributed by atoms with Gasteiger partial charge in [-0.2, -0.15) is 13.2 Å². The van der Waals surface area contributed by atoms with Crippen LogP contribution in [-0.4, -0.2) is 54.2 Å². The Labute approximate surface area is 114 Å². The second kappa shape index (κ2) is 5.23. The lowest BCUT2D eigenvalue weighted by Gasteiger charge is -2.38. The van der Waals surface area contributed by atoms with E-state index in [1.54, 1.807) is 0 Å². The lowest BCUT2D eigenvalue weighted by atomic mass is 9.83. The number of alkyl halides is 3. The van der Waals surface area contributed by atoms with Crippen molar-refractivity contribution in [3.8, 4) is 0 Å². The smallest absolute Gasteiger partial charge is 0.404 e. The predicted octanol–water partition coefficient (Wildman–Crippen LogP) is 0.852. The van der Waals surface area contributed by atoms with Crippen LogP contribution in [0.3, 0.4) is 0 Å². The topological polar surface area (TPSA) is 69.6 Å². The van der Waals surface area contributed by atoms with Gasteiger partial charge in [0.05, 0.1) is 5.92 Å². The Balaban J connectivity index is 2.18. The molecule has 2 aliphatic rings. The molecule has 1 unspecified atom stereocenters. The zero-order valence-corrected chi connectivity index (χ0v) is 10.9. The average Bonchev–Trinajstić information content (AvgIpc) is 2.88. The molecular formula is C12H17F3N2O3. The second-order valence-corrected chi connectivity index (χ2v) is 5.44. The number of hydrogen-bond acceptors (Lipinski definition) is 3. The van der Waals surface area contributed by atoms with Crippen molar-refractivity contribution in [2.45, 2.75) is 25.4 Å². The van der Waals surface area contributed by atoms with Crippen molar-refractivity contribution in [1.82, 2.24) is 10.2 Å². The molecule has 0 aromatic heterocycles. The molecule has 0 aromatic carbocycles. The van der Waals surface area contributed by atoms with Gasteiger partial charge in [-0.25, -0.2) is 0 Å². The number of nitrogens with zero attached hydrogens (tertiary/aromatic N) is 1. The third-order valence-corrected chi connectivity index (χ3v) is 4.17. The van der Waals surface area contributed by atoms with Gasteiger partial charge in [0.25, 0.3) is 0 Å². The second-order valence-electron chi connectivity index (χ2n) is 5.44. The van der Waals surface area contributed by atoms with Gasteiger partial charge in [0, 0.05) is 19.6 Å². The molecule has 20 heavy (non-hydrogen) atoms. The van der Waals surface area contributed by atoms with Gasteiger partial charge in [0.2, 0.25) is 5.91 Å². The fourth-order valence-corrected chi connectivity index (χ4v) is 2.90. The van der Waals surface area contributed by atoms with E-state index in [2.05, 4.69) is 5.32 Å². The number of hydrogen-bond donors (Lipinski definition) is 2. The highest BCUT2D eigenvalue weighted by molar-refractivity contribution is 5.85. The van der Waals surface area contributed by atoms with Crippen LogP contribution < -0.4 is 5.32 Å². The number of carboxylic acid groups (broad SMARTS) is 1. The highest BCUT2D eigenvalue weighted by Crippen LogP contribution is 2.44. The van der Waals surface area contributed by atoms with Gasteiger partial charge < -0.3 is 15.3 Å². The van der Waals surface area contributed by atoms with Gasteiger partial charge >= 0.3 is 12.1 Å². The third kappa shape index (κ3) is 2.48. The molecule has 8 heteroatoms. The number of carboxylic acids is 1. The number of rotatable bonds is 2. The van der Waals surface area contributed by atoms with E-state index in [1.165, 1.54) is 0 Å². The Morgan fingerprint density at radius 1 is 1.35 bits per heavy atom. The summed E-state index contributed by atoms with van der Waals surface area (Å²) in [4.78, 5) is 24.3. The Kier molecular flexibility index (Phi) is 3.95. The summed E-state index contributed by atoms with van der Waals surface area (Å²) in [5.41, 5.74) is -2.40. The van der Waals surface area contributed by atoms with Crippen molar-refractivity contribution in [3.05, 3.63) is 0 Å². The molecule has 2 atom stereocenters. The van der Waals surface area contributed by atoms with Crippen LogP contribution >= 0.6 is 0 Å². The molecule has 2 saturated heterocycles. The van der Waals surface area contributed by atoms with Crippen LogP contribution in [0.15, 0.2) is 0 Å². The van der Waals surface area contributed by atoms with E-state index in [0.717, 1.165) is 4.90 Å². The molecule has 0 spiro atoms. The molecule has 0 aliphatic carbocycles. The Morgan fingerprint density at radius 3 is 2.55 bits per heavy atom. The number of likely N-dealkylation sites (tertiary alicyclic amines) is 1.